The number of nitrogens with two attached hydrogens (primary N) is 1. The van der Waals surface area contributed by atoms with E-state index in [2.05, 4.69) is 31.1 Å². The summed E-state index contributed by atoms with van der Waals surface area (Å²) in [5.74, 6) is -0.0799. The number of anilines is 1. The number of hydrogen-bond donors (Lipinski definition) is 1. The standard InChI is InChI=1S/C10H12BrN5O2S/c1-2-16-9(12)14-15-10(16)19(17,18)6-7-3-4-13-8(11)5-7/h3-5H,2,6H2,1H3,(H2,12,14). The first-order valence-electron chi connectivity index (χ1n) is 5.46. The van der Waals surface area contributed by atoms with Gasteiger partial charge >= 0.3 is 0 Å². The van der Waals surface area contributed by atoms with E-state index in [4.69, 9.17) is 5.73 Å². The summed E-state index contributed by atoms with van der Waals surface area (Å²) in [4.78, 5) is 3.95. The monoisotopic (exact) mass is 345 g/mol. The fraction of sp³-hybridized carbons (Fsp3) is 0.300. The summed E-state index contributed by atoms with van der Waals surface area (Å²) < 4.78 is 26.5. The van der Waals surface area contributed by atoms with Crippen LogP contribution in [0.25, 0.3) is 0 Å². The number of halogens is 1. The second-order valence-corrected chi connectivity index (χ2v) is 6.53. The first-order valence-corrected chi connectivity index (χ1v) is 7.90. The number of rotatable bonds is 4. The highest BCUT2D eigenvalue weighted by molar-refractivity contribution is 9.10. The van der Waals surface area contributed by atoms with Gasteiger partial charge in [-0.3, -0.25) is 4.57 Å². The molecule has 9 heteroatoms. The van der Waals surface area contributed by atoms with Crippen LogP contribution < -0.4 is 5.73 Å². The van der Waals surface area contributed by atoms with Gasteiger partial charge in [0.1, 0.15) is 4.60 Å². The second kappa shape index (κ2) is 5.25. The highest BCUT2D eigenvalue weighted by Crippen LogP contribution is 2.18. The molecule has 2 aromatic rings. The Morgan fingerprint density at radius 1 is 1.42 bits per heavy atom. The van der Waals surface area contributed by atoms with Crippen LogP contribution in [0.1, 0.15) is 12.5 Å². The van der Waals surface area contributed by atoms with E-state index >= 15 is 0 Å². The Balaban J connectivity index is 2.38. The molecule has 0 saturated heterocycles. The lowest BCUT2D eigenvalue weighted by Gasteiger charge is -2.06. The van der Waals surface area contributed by atoms with Gasteiger partial charge in [-0.1, -0.05) is 0 Å². The predicted octanol–water partition coefficient (Wildman–Crippen LogP) is 1.01. The van der Waals surface area contributed by atoms with Crippen LogP contribution >= 0.6 is 15.9 Å². The maximum absolute atomic E-state index is 12.3. The smallest absolute Gasteiger partial charge is 0.251 e. The number of aromatic nitrogens is 4. The minimum atomic E-state index is -3.59. The molecule has 2 heterocycles. The lowest BCUT2D eigenvalue weighted by Crippen LogP contribution is -2.13. The highest BCUT2D eigenvalue weighted by Gasteiger charge is 2.23. The largest absolute Gasteiger partial charge is 0.368 e. The molecule has 2 N–H and O–H groups in total. The topological polar surface area (TPSA) is 104 Å². The maximum atomic E-state index is 12.3. The average Bonchev–Trinajstić information content (AvgIpc) is 2.70. The molecule has 0 aromatic carbocycles. The van der Waals surface area contributed by atoms with E-state index in [9.17, 15) is 8.42 Å². The van der Waals surface area contributed by atoms with Gasteiger partial charge in [0.05, 0.1) is 5.75 Å². The molecule has 2 rings (SSSR count). The molecular formula is C10H12BrN5O2S. The summed E-state index contributed by atoms with van der Waals surface area (Å²) in [5, 5.41) is 7.14. The van der Waals surface area contributed by atoms with Crippen molar-refractivity contribution in [3.05, 3.63) is 28.5 Å². The highest BCUT2D eigenvalue weighted by atomic mass is 79.9. The first-order chi connectivity index (χ1) is 8.94. The predicted molar refractivity (Wildman–Crippen MR) is 72.9 cm³/mol. The van der Waals surface area contributed by atoms with E-state index < -0.39 is 9.84 Å². The Labute approximate surface area is 118 Å². The van der Waals surface area contributed by atoms with Crippen molar-refractivity contribution in [2.45, 2.75) is 24.4 Å². The van der Waals surface area contributed by atoms with Crippen LogP contribution in [-0.2, 0) is 22.1 Å². The third-order valence-corrected chi connectivity index (χ3v) is 4.49. The van der Waals surface area contributed by atoms with Gasteiger partial charge in [-0.25, -0.2) is 13.4 Å². The minimum absolute atomic E-state index is 0.0944. The lowest BCUT2D eigenvalue weighted by atomic mass is 10.3. The van der Waals surface area contributed by atoms with Gasteiger partial charge in [-0.05, 0) is 40.5 Å². The van der Waals surface area contributed by atoms with Crippen molar-refractivity contribution in [2.24, 2.45) is 0 Å². The minimum Gasteiger partial charge on any atom is -0.368 e. The Morgan fingerprint density at radius 2 is 2.16 bits per heavy atom. The molecule has 0 aliphatic carbocycles. The molecule has 0 aliphatic rings. The molecular weight excluding hydrogens is 334 g/mol. The van der Waals surface area contributed by atoms with Crippen LogP contribution in [0, 0.1) is 0 Å². The summed E-state index contributed by atoms with van der Waals surface area (Å²) in [6.07, 6.45) is 1.54. The van der Waals surface area contributed by atoms with Crippen LogP contribution in [0.2, 0.25) is 0 Å². The van der Waals surface area contributed by atoms with Crippen LogP contribution in [0.15, 0.2) is 28.1 Å². The van der Waals surface area contributed by atoms with E-state index in [-0.39, 0.29) is 16.9 Å². The summed E-state index contributed by atoms with van der Waals surface area (Å²) in [6.45, 7) is 2.18. The molecule has 0 bridgehead atoms. The Kier molecular flexibility index (Phi) is 3.85. The molecule has 0 unspecified atom stereocenters. The maximum Gasteiger partial charge on any atom is 0.251 e. The Bertz CT molecular complexity index is 698. The van der Waals surface area contributed by atoms with E-state index in [1.54, 1.807) is 19.1 Å². The molecule has 102 valence electrons. The molecule has 0 atom stereocenters. The zero-order chi connectivity index (χ0) is 14.0. The molecule has 0 aliphatic heterocycles. The normalized spacial score (nSPS) is 11.7. The zero-order valence-corrected chi connectivity index (χ0v) is 12.5. The van der Waals surface area contributed by atoms with Crippen LogP contribution in [0.4, 0.5) is 5.95 Å². The van der Waals surface area contributed by atoms with Crippen molar-refractivity contribution in [2.75, 3.05) is 5.73 Å². The fourth-order valence-electron chi connectivity index (χ4n) is 1.64. The van der Waals surface area contributed by atoms with E-state index in [1.165, 1.54) is 10.8 Å². The number of sulfone groups is 1. The fourth-order valence-corrected chi connectivity index (χ4v) is 3.53. The molecule has 2 aromatic heterocycles. The lowest BCUT2D eigenvalue weighted by molar-refractivity contribution is 0.568. The summed E-state index contributed by atoms with van der Waals surface area (Å²) in [5.41, 5.74) is 6.19. The molecule has 0 radical (unpaired) electrons. The summed E-state index contributed by atoms with van der Waals surface area (Å²) >= 11 is 3.20. The summed E-state index contributed by atoms with van der Waals surface area (Å²) in [7, 11) is -3.59. The number of pyridine rings is 1. The average molecular weight is 346 g/mol. The van der Waals surface area contributed by atoms with E-state index in [0.29, 0.717) is 16.7 Å². The van der Waals surface area contributed by atoms with Crippen LogP contribution in [-0.4, -0.2) is 28.2 Å². The van der Waals surface area contributed by atoms with Gasteiger partial charge in [0.15, 0.2) is 0 Å². The van der Waals surface area contributed by atoms with Crippen molar-refractivity contribution >= 4 is 31.7 Å². The van der Waals surface area contributed by atoms with E-state index in [0.717, 1.165) is 0 Å². The zero-order valence-electron chi connectivity index (χ0n) is 10.1. The Hall–Kier alpha value is -1.48. The van der Waals surface area contributed by atoms with Gasteiger partial charge in [0.25, 0.3) is 5.16 Å². The van der Waals surface area contributed by atoms with Gasteiger partial charge < -0.3 is 5.73 Å². The second-order valence-electron chi connectivity index (χ2n) is 3.83. The van der Waals surface area contributed by atoms with Crippen LogP contribution in [0.5, 0.6) is 0 Å². The summed E-state index contributed by atoms with van der Waals surface area (Å²) in [6, 6.07) is 3.28. The van der Waals surface area contributed by atoms with Gasteiger partial charge in [-0.2, -0.15) is 0 Å². The third-order valence-electron chi connectivity index (χ3n) is 2.49. The van der Waals surface area contributed by atoms with Gasteiger partial charge in [-0.15, -0.1) is 10.2 Å². The van der Waals surface area contributed by atoms with Gasteiger partial charge in [0, 0.05) is 12.7 Å². The third kappa shape index (κ3) is 2.92. The molecule has 0 amide bonds. The molecule has 0 fully saturated rings. The van der Waals surface area contributed by atoms with Crippen molar-refractivity contribution in [3.8, 4) is 0 Å². The Morgan fingerprint density at radius 3 is 2.79 bits per heavy atom. The first kappa shape index (κ1) is 13.9. The van der Waals surface area contributed by atoms with Crippen molar-refractivity contribution in [1.29, 1.82) is 0 Å². The SMILES string of the molecule is CCn1c(N)nnc1S(=O)(=O)Cc1ccnc(Br)c1. The molecule has 19 heavy (non-hydrogen) atoms. The molecule has 0 spiro atoms. The molecule has 7 nitrogen and oxygen atoms in total. The van der Waals surface area contributed by atoms with E-state index in [1.807, 2.05) is 0 Å². The van der Waals surface area contributed by atoms with Crippen LogP contribution in [0.3, 0.4) is 0 Å². The number of hydrogen-bond acceptors (Lipinski definition) is 6. The van der Waals surface area contributed by atoms with Crippen molar-refractivity contribution < 1.29 is 8.42 Å². The number of nitrogens with zero attached hydrogens (tertiary/aromatic N) is 4. The van der Waals surface area contributed by atoms with Crippen molar-refractivity contribution in [1.82, 2.24) is 19.7 Å². The van der Waals surface area contributed by atoms with Crippen molar-refractivity contribution in [3.63, 3.8) is 0 Å². The quantitative estimate of drug-likeness (QED) is 0.829. The number of nitrogen functional groups attached to an aromatic ring is 1. The van der Waals surface area contributed by atoms with Gasteiger partial charge in [0.2, 0.25) is 15.8 Å². The molecule has 0 saturated carbocycles.